The topological polar surface area (TPSA) is 56.2 Å². The van der Waals surface area contributed by atoms with Crippen molar-refractivity contribution >= 4 is 17.1 Å². The van der Waals surface area contributed by atoms with Crippen LogP contribution in [0.5, 0.6) is 0 Å². The monoisotopic (exact) mass is 357 g/mol. The van der Waals surface area contributed by atoms with Crippen LogP contribution in [0.2, 0.25) is 0 Å². The second-order valence-electron chi connectivity index (χ2n) is 6.78. The Balaban J connectivity index is 2.36. The Kier molecular flexibility index (Phi) is 5.02. The molecule has 2 aromatic rings. The predicted molar refractivity (Wildman–Crippen MR) is 88.2 cm³/mol. The molecule has 0 spiro atoms. The number of carbonyl (C=O) groups excluding carboxylic acids is 1. The van der Waals surface area contributed by atoms with Gasteiger partial charge in [0.2, 0.25) is 0 Å². The molecule has 0 bridgehead atoms. The van der Waals surface area contributed by atoms with Crippen molar-refractivity contribution in [3.63, 3.8) is 0 Å². The van der Waals surface area contributed by atoms with Gasteiger partial charge in [0.25, 0.3) is 0 Å². The van der Waals surface area contributed by atoms with Crippen LogP contribution >= 0.6 is 0 Å². The zero-order chi connectivity index (χ0) is 19.0. The highest BCUT2D eigenvalue weighted by molar-refractivity contribution is 5.77. The summed E-state index contributed by atoms with van der Waals surface area (Å²) in [6, 6.07) is 2.91. The molecule has 1 heterocycles. The number of hydrogen-bond donors (Lipinski definition) is 1. The summed E-state index contributed by atoms with van der Waals surface area (Å²) in [5.74, 6) is 0.475. The van der Waals surface area contributed by atoms with E-state index in [2.05, 4.69) is 10.3 Å². The minimum atomic E-state index is -4.42. The maximum Gasteiger partial charge on any atom is 0.416 e. The highest BCUT2D eigenvalue weighted by atomic mass is 19.4. The number of hydrogen-bond acceptors (Lipinski definition) is 3. The number of halogens is 3. The number of ether oxygens (including phenoxy) is 1. The Labute approximate surface area is 144 Å². The van der Waals surface area contributed by atoms with Gasteiger partial charge in [-0.05, 0) is 52.8 Å². The molecule has 0 aliphatic heterocycles. The summed E-state index contributed by atoms with van der Waals surface area (Å²) in [5.41, 5.74) is -0.544. The van der Waals surface area contributed by atoms with Gasteiger partial charge < -0.3 is 14.6 Å². The Hall–Kier alpha value is -2.25. The fourth-order valence-corrected chi connectivity index (χ4v) is 2.53. The molecule has 0 saturated carbocycles. The van der Waals surface area contributed by atoms with E-state index in [0.29, 0.717) is 23.4 Å². The molecule has 0 aliphatic rings. The molecule has 1 aromatic carbocycles. The molecule has 1 amide bonds. The van der Waals surface area contributed by atoms with Crippen LogP contribution in [0.15, 0.2) is 18.2 Å². The van der Waals surface area contributed by atoms with Crippen LogP contribution in [0.1, 0.15) is 52.0 Å². The molecule has 1 N–H and O–H groups in total. The van der Waals surface area contributed by atoms with Gasteiger partial charge in [0.1, 0.15) is 11.4 Å². The molecule has 1 unspecified atom stereocenters. The number of aromatic nitrogens is 2. The number of fused-ring (bicyclic) bond motifs is 1. The molecule has 0 saturated heterocycles. The third-order valence-corrected chi connectivity index (χ3v) is 3.54. The highest BCUT2D eigenvalue weighted by Gasteiger charge is 2.31. The average molecular weight is 357 g/mol. The van der Waals surface area contributed by atoms with Gasteiger partial charge in [0.15, 0.2) is 0 Å². The van der Waals surface area contributed by atoms with Crippen molar-refractivity contribution in [2.24, 2.45) is 0 Å². The van der Waals surface area contributed by atoms with E-state index in [1.165, 1.54) is 6.07 Å². The smallest absolute Gasteiger partial charge is 0.416 e. The number of amides is 1. The second kappa shape index (κ2) is 6.57. The third kappa shape index (κ3) is 4.43. The summed E-state index contributed by atoms with van der Waals surface area (Å²) in [5, 5.41) is 2.67. The predicted octanol–water partition coefficient (Wildman–Crippen LogP) is 4.66. The Morgan fingerprint density at radius 1 is 1.32 bits per heavy atom. The number of imidazole rings is 1. The molecule has 8 heteroatoms. The molecule has 0 radical (unpaired) electrons. The van der Waals surface area contributed by atoms with E-state index in [9.17, 15) is 18.0 Å². The maximum absolute atomic E-state index is 12.9. The summed E-state index contributed by atoms with van der Waals surface area (Å²) in [6.45, 7) is 9.19. The second-order valence-corrected chi connectivity index (χ2v) is 6.78. The first-order chi connectivity index (χ1) is 11.4. The van der Waals surface area contributed by atoms with Gasteiger partial charge in [-0.1, -0.05) is 0 Å². The Bertz CT molecular complexity index is 776. The van der Waals surface area contributed by atoms with Gasteiger partial charge >= 0.3 is 12.3 Å². The molecule has 1 atom stereocenters. The summed E-state index contributed by atoms with van der Waals surface area (Å²) in [4.78, 5) is 16.3. The number of benzene rings is 1. The zero-order valence-electron chi connectivity index (χ0n) is 14.9. The van der Waals surface area contributed by atoms with Crippen LogP contribution in [0, 0.1) is 0 Å². The molecular formula is C17H22F3N3O2. The molecule has 2 rings (SSSR count). The highest BCUT2D eigenvalue weighted by Crippen LogP contribution is 2.32. The van der Waals surface area contributed by atoms with Crippen LogP contribution in [0.4, 0.5) is 18.0 Å². The maximum atomic E-state index is 12.9. The van der Waals surface area contributed by atoms with Gasteiger partial charge in [-0.2, -0.15) is 13.2 Å². The van der Waals surface area contributed by atoms with Crippen LogP contribution in [-0.2, 0) is 17.5 Å². The van der Waals surface area contributed by atoms with Gasteiger partial charge in [0.05, 0.1) is 22.6 Å². The molecular weight excluding hydrogens is 335 g/mol. The van der Waals surface area contributed by atoms with Crippen molar-refractivity contribution < 1.29 is 22.7 Å². The molecule has 25 heavy (non-hydrogen) atoms. The van der Waals surface area contributed by atoms with E-state index in [-0.39, 0.29) is 0 Å². The minimum Gasteiger partial charge on any atom is -0.444 e. The lowest BCUT2D eigenvalue weighted by Gasteiger charge is -2.22. The van der Waals surface area contributed by atoms with E-state index < -0.39 is 29.5 Å². The largest absolute Gasteiger partial charge is 0.444 e. The first-order valence-corrected chi connectivity index (χ1v) is 7.99. The van der Waals surface area contributed by atoms with Crippen molar-refractivity contribution in [2.45, 2.75) is 59.0 Å². The van der Waals surface area contributed by atoms with Crippen molar-refractivity contribution in [3.05, 3.63) is 29.6 Å². The molecule has 1 aromatic heterocycles. The zero-order valence-corrected chi connectivity index (χ0v) is 14.9. The minimum absolute atomic E-state index is 0.380. The lowest BCUT2D eigenvalue weighted by molar-refractivity contribution is -0.137. The van der Waals surface area contributed by atoms with E-state index in [4.69, 9.17) is 4.74 Å². The average Bonchev–Trinajstić information content (AvgIpc) is 2.81. The van der Waals surface area contributed by atoms with Gasteiger partial charge in [-0.15, -0.1) is 0 Å². The van der Waals surface area contributed by atoms with Crippen molar-refractivity contribution in [2.75, 3.05) is 0 Å². The fourth-order valence-electron chi connectivity index (χ4n) is 2.53. The number of rotatable bonds is 3. The van der Waals surface area contributed by atoms with Gasteiger partial charge in [-0.3, -0.25) is 0 Å². The molecule has 0 fully saturated rings. The quantitative estimate of drug-likeness (QED) is 0.869. The Morgan fingerprint density at radius 3 is 2.48 bits per heavy atom. The number of carbonyl (C=O) groups is 1. The number of nitrogens with one attached hydrogen (secondary N) is 1. The SMILES string of the molecule is CCn1c(C(C)NC(=O)OC(C)(C)C)nc2ccc(C(F)(F)F)cc21. The van der Waals surface area contributed by atoms with Crippen molar-refractivity contribution in [1.82, 2.24) is 14.9 Å². The molecule has 0 aliphatic carbocycles. The normalized spacial score (nSPS) is 13.8. The third-order valence-electron chi connectivity index (χ3n) is 3.54. The lowest BCUT2D eigenvalue weighted by atomic mass is 10.2. The van der Waals surface area contributed by atoms with Gasteiger partial charge in [0, 0.05) is 6.54 Å². The molecule has 138 valence electrons. The first-order valence-electron chi connectivity index (χ1n) is 7.99. The van der Waals surface area contributed by atoms with Crippen LogP contribution in [-0.4, -0.2) is 21.2 Å². The first kappa shape index (κ1) is 19.1. The van der Waals surface area contributed by atoms with Crippen LogP contribution in [0.3, 0.4) is 0 Å². The van der Waals surface area contributed by atoms with E-state index in [0.717, 1.165) is 12.1 Å². The summed E-state index contributed by atoms with van der Waals surface area (Å²) >= 11 is 0. The van der Waals surface area contributed by atoms with Crippen molar-refractivity contribution in [3.8, 4) is 0 Å². The Morgan fingerprint density at radius 2 is 1.96 bits per heavy atom. The number of alkyl halides is 3. The van der Waals surface area contributed by atoms with E-state index in [1.807, 2.05) is 6.92 Å². The van der Waals surface area contributed by atoms with E-state index in [1.54, 1.807) is 32.3 Å². The standard InChI is InChI=1S/C17H22F3N3O2/c1-6-23-13-9-11(17(18,19)20)7-8-12(13)22-14(23)10(2)21-15(24)25-16(3,4)5/h7-10H,6H2,1-5H3,(H,21,24). The summed E-state index contributed by atoms with van der Waals surface area (Å²) in [6.07, 6.45) is -5.02. The van der Waals surface area contributed by atoms with Crippen molar-refractivity contribution in [1.29, 1.82) is 0 Å². The summed E-state index contributed by atoms with van der Waals surface area (Å²) < 4.78 is 45.7. The summed E-state index contributed by atoms with van der Waals surface area (Å²) in [7, 11) is 0. The number of alkyl carbamates (subject to hydrolysis) is 1. The molecule has 5 nitrogen and oxygen atoms in total. The fraction of sp³-hybridized carbons (Fsp3) is 0.529. The van der Waals surface area contributed by atoms with E-state index >= 15 is 0 Å². The van der Waals surface area contributed by atoms with Crippen LogP contribution in [0.25, 0.3) is 11.0 Å². The number of nitrogens with zero attached hydrogens (tertiary/aromatic N) is 2. The van der Waals surface area contributed by atoms with Crippen LogP contribution < -0.4 is 5.32 Å². The lowest BCUT2D eigenvalue weighted by Crippen LogP contribution is -2.34. The van der Waals surface area contributed by atoms with Gasteiger partial charge in [-0.25, -0.2) is 9.78 Å². The number of aryl methyl sites for hydroxylation is 1.